The van der Waals surface area contributed by atoms with Crippen LogP contribution in [0.1, 0.15) is 23.1 Å². The van der Waals surface area contributed by atoms with E-state index in [-0.39, 0.29) is 36.5 Å². The number of halogens is 1. The summed E-state index contributed by atoms with van der Waals surface area (Å²) in [5.74, 6) is 0.278. The van der Waals surface area contributed by atoms with Gasteiger partial charge in [0.15, 0.2) is 5.96 Å². The average molecular weight is 555 g/mol. The van der Waals surface area contributed by atoms with Gasteiger partial charge in [-0.1, -0.05) is 24.3 Å². The maximum absolute atomic E-state index is 13.2. The summed E-state index contributed by atoms with van der Waals surface area (Å²) in [6.45, 7) is 2.66. The molecule has 9 heteroatoms. The zero-order chi connectivity index (χ0) is 21.1. The van der Waals surface area contributed by atoms with Crippen LogP contribution in [0.25, 0.3) is 0 Å². The summed E-state index contributed by atoms with van der Waals surface area (Å²) in [6, 6.07) is 13.3. The Morgan fingerprint density at radius 1 is 1.06 bits per heavy atom. The second-order valence-corrected chi connectivity index (χ2v) is 9.88. The smallest absolute Gasteiger partial charge is 0.243 e. The van der Waals surface area contributed by atoms with E-state index < -0.39 is 10.0 Å². The molecule has 0 aromatic heterocycles. The second-order valence-electron chi connectivity index (χ2n) is 7.98. The first kappa shape index (κ1) is 24.0. The van der Waals surface area contributed by atoms with Crippen molar-refractivity contribution in [2.45, 2.75) is 30.7 Å². The summed E-state index contributed by atoms with van der Waals surface area (Å²) in [5.41, 5.74) is 10.4. The van der Waals surface area contributed by atoms with Gasteiger partial charge in [-0.3, -0.25) is 0 Å². The highest BCUT2D eigenvalue weighted by Gasteiger charge is 2.29. The zero-order valence-electron chi connectivity index (χ0n) is 17.8. The van der Waals surface area contributed by atoms with Gasteiger partial charge in [-0.2, -0.15) is 4.31 Å². The van der Waals surface area contributed by atoms with E-state index in [1.165, 1.54) is 17.5 Å². The lowest BCUT2D eigenvalue weighted by atomic mass is 10.1. The number of nitrogens with one attached hydrogen (secondary N) is 1. The van der Waals surface area contributed by atoms with Gasteiger partial charge in [0, 0.05) is 31.9 Å². The third-order valence-electron chi connectivity index (χ3n) is 5.84. The van der Waals surface area contributed by atoms with E-state index in [4.69, 9.17) is 5.73 Å². The van der Waals surface area contributed by atoms with Gasteiger partial charge >= 0.3 is 0 Å². The fourth-order valence-electron chi connectivity index (χ4n) is 4.06. The lowest BCUT2D eigenvalue weighted by Gasteiger charge is -2.32. The number of hydrogen-bond donors (Lipinski definition) is 2. The molecule has 1 fully saturated rings. The first-order valence-corrected chi connectivity index (χ1v) is 11.8. The highest BCUT2D eigenvalue weighted by Crippen LogP contribution is 2.25. The summed E-state index contributed by atoms with van der Waals surface area (Å²) >= 11 is 0. The number of anilines is 1. The number of hydrogen-bond acceptors (Lipinski definition) is 4. The van der Waals surface area contributed by atoms with Crippen LogP contribution in [0.3, 0.4) is 0 Å². The van der Waals surface area contributed by atoms with Crippen LogP contribution in [0.4, 0.5) is 5.69 Å². The maximum atomic E-state index is 13.2. The molecule has 1 saturated heterocycles. The molecular weight excluding hydrogens is 525 g/mol. The SMILES string of the molecule is CN1CCN(S(=O)(=O)c2ccccc2CN=C(N)Nc2ccc3c(c2)CCC3)CC1.I. The number of aliphatic imine (C=N–C) groups is 1. The van der Waals surface area contributed by atoms with Gasteiger partial charge in [-0.05, 0) is 61.2 Å². The number of piperazine rings is 1. The van der Waals surface area contributed by atoms with Crippen LogP contribution in [-0.4, -0.2) is 56.8 Å². The largest absolute Gasteiger partial charge is 0.370 e. The van der Waals surface area contributed by atoms with Gasteiger partial charge in [0.2, 0.25) is 10.0 Å². The van der Waals surface area contributed by atoms with Gasteiger partial charge in [0.05, 0.1) is 11.4 Å². The van der Waals surface area contributed by atoms with Gasteiger partial charge in [-0.25, -0.2) is 13.4 Å². The van der Waals surface area contributed by atoms with E-state index in [9.17, 15) is 8.42 Å². The van der Waals surface area contributed by atoms with Crippen molar-refractivity contribution in [3.63, 3.8) is 0 Å². The van der Waals surface area contributed by atoms with Crippen molar-refractivity contribution in [1.29, 1.82) is 0 Å². The molecule has 0 radical (unpaired) electrons. The maximum Gasteiger partial charge on any atom is 0.243 e. The van der Waals surface area contributed by atoms with Crippen LogP contribution in [0.15, 0.2) is 52.4 Å². The number of aryl methyl sites for hydroxylation is 2. The molecule has 0 amide bonds. The van der Waals surface area contributed by atoms with Gasteiger partial charge < -0.3 is 16.0 Å². The highest BCUT2D eigenvalue weighted by atomic mass is 127. The molecule has 0 saturated carbocycles. The molecule has 7 nitrogen and oxygen atoms in total. The first-order valence-electron chi connectivity index (χ1n) is 10.4. The summed E-state index contributed by atoms with van der Waals surface area (Å²) in [4.78, 5) is 6.85. The van der Waals surface area contributed by atoms with Crippen molar-refractivity contribution in [1.82, 2.24) is 9.21 Å². The van der Waals surface area contributed by atoms with E-state index in [1.54, 1.807) is 22.5 Å². The molecule has 0 unspecified atom stereocenters. The first-order chi connectivity index (χ1) is 14.4. The van der Waals surface area contributed by atoms with Gasteiger partial charge in [0.1, 0.15) is 0 Å². The Kier molecular flexibility index (Phi) is 7.95. The van der Waals surface area contributed by atoms with E-state index in [0.717, 1.165) is 31.6 Å². The minimum Gasteiger partial charge on any atom is -0.370 e. The van der Waals surface area contributed by atoms with Crippen LogP contribution in [0.5, 0.6) is 0 Å². The Morgan fingerprint density at radius 2 is 1.77 bits per heavy atom. The van der Waals surface area contributed by atoms with Crippen LogP contribution in [-0.2, 0) is 29.4 Å². The fourth-order valence-corrected chi connectivity index (χ4v) is 5.70. The standard InChI is InChI=1S/C22H29N5O2S.HI/c1-26-11-13-27(14-12-26)30(28,29)21-8-3-2-5-19(21)16-24-22(23)25-20-10-9-17-6-4-7-18(17)15-20;/h2-3,5,8-10,15H,4,6-7,11-14,16H2,1H3,(H3,23,24,25);1H. The van der Waals surface area contributed by atoms with E-state index in [1.807, 2.05) is 19.2 Å². The van der Waals surface area contributed by atoms with Crippen molar-refractivity contribution in [2.24, 2.45) is 10.7 Å². The van der Waals surface area contributed by atoms with Crippen molar-refractivity contribution >= 4 is 45.6 Å². The molecule has 2 aromatic rings. The number of benzene rings is 2. The molecule has 0 bridgehead atoms. The van der Waals surface area contributed by atoms with Gasteiger partial charge in [-0.15, -0.1) is 24.0 Å². The Bertz CT molecular complexity index is 1050. The zero-order valence-corrected chi connectivity index (χ0v) is 20.9. The fraction of sp³-hybridized carbons (Fsp3) is 0.409. The van der Waals surface area contributed by atoms with Gasteiger partial charge in [0.25, 0.3) is 0 Å². The Morgan fingerprint density at radius 3 is 2.55 bits per heavy atom. The molecule has 0 atom stereocenters. The molecule has 1 aliphatic carbocycles. The highest BCUT2D eigenvalue weighted by molar-refractivity contribution is 14.0. The quantitative estimate of drug-likeness (QED) is 0.337. The predicted molar refractivity (Wildman–Crippen MR) is 136 cm³/mol. The van der Waals surface area contributed by atoms with E-state index in [2.05, 4.69) is 27.3 Å². The average Bonchev–Trinajstić information content (AvgIpc) is 3.21. The van der Waals surface area contributed by atoms with Crippen molar-refractivity contribution in [2.75, 3.05) is 38.5 Å². The lowest BCUT2D eigenvalue weighted by molar-refractivity contribution is 0.222. The third-order valence-corrected chi connectivity index (χ3v) is 7.84. The number of sulfonamides is 1. The van der Waals surface area contributed by atoms with Crippen LogP contribution >= 0.6 is 24.0 Å². The molecule has 1 aliphatic heterocycles. The van der Waals surface area contributed by atoms with Crippen LogP contribution < -0.4 is 11.1 Å². The Hall–Kier alpha value is -1.69. The predicted octanol–water partition coefficient (Wildman–Crippen LogP) is 2.66. The topological polar surface area (TPSA) is 91.0 Å². The normalized spacial score (nSPS) is 17.8. The number of likely N-dealkylation sites (N-methyl/N-ethyl adjacent to an activating group) is 1. The number of rotatable bonds is 5. The molecule has 0 spiro atoms. The minimum atomic E-state index is -3.55. The third kappa shape index (κ3) is 5.57. The number of fused-ring (bicyclic) bond motifs is 1. The molecule has 2 aromatic carbocycles. The lowest BCUT2D eigenvalue weighted by Crippen LogP contribution is -2.47. The molecule has 4 rings (SSSR count). The van der Waals surface area contributed by atoms with Crippen molar-refractivity contribution in [3.8, 4) is 0 Å². The number of nitrogens with zero attached hydrogens (tertiary/aromatic N) is 3. The second kappa shape index (κ2) is 10.3. The molecule has 1 heterocycles. The Balaban J connectivity index is 0.00000272. The minimum absolute atomic E-state index is 0. The van der Waals surface area contributed by atoms with Crippen molar-refractivity contribution in [3.05, 3.63) is 59.2 Å². The molecule has 31 heavy (non-hydrogen) atoms. The monoisotopic (exact) mass is 555 g/mol. The van der Waals surface area contributed by atoms with E-state index in [0.29, 0.717) is 23.5 Å². The number of nitrogens with two attached hydrogens (primary N) is 1. The van der Waals surface area contributed by atoms with Crippen LogP contribution in [0, 0.1) is 0 Å². The van der Waals surface area contributed by atoms with E-state index >= 15 is 0 Å². The Labute approximate surface area is 201 Å². The molecular formula is C22H30IN5O2S. The number of guanidine groups is 1. The van der Waals surface area contributed by atoms with Crippen LogP contribution in [0.2, 0.25) is 0 Å². The summed E-state index contributed by atoms with van der Waals surface area (Å²) < 4.78 is 27.9. The molecule has 3 N–H and O–H groups in total. The molecule has 2 aliphatic rings. The summed E-state index contributed by atoms with van der Waals surface area (Å²) in [6.07, 6.45) is 3.43. The molecule has 168 valence electrons. The summed E-state index contributed by atoms with van der Waals surface area (Å²) in [7, 11) is -1.55. The summed E-state index contributed by atoms with van der Waals surface area (Å²) in [5, 5.41) is 3.13. The van der Waals surface area contributed by atoms with Crippen molar-refractivity contribution < 1.29 is 8.42 Å².